The number of rotatable bonds is 4. The zero-order valence-electron chi connectivity index (χ0n) is 14.2. The van der Waals surface area contributed by atoms with E-state index >= 15 is 0 Å². The fraction of sp³-hybridized carbons (Fsp3) is 0.333. The normalized spacial score (nSPS) is 16.5. The number of nitrogens with zero attached hydrogens (tertiary/aromatic N) is 3. The van der Waals surface area contributed by atoms with Gasteiger partial charge in [-0.05, 0) is 42.9 Å². The predicted molar refractivity (Wildman–Crippen MR) is 107 cm³/mol. The van der Waals surface area contributed by atoms with E-state index in [1.165, 1.54) is 28.6 Å². The van der Waals surface area contributed by atoms with Crippen molar-refractivity contribution in [2.75, 3.05) is 11.1 Å². The van der Waals surface area contributed by atoms with E-state index in [-0.39, 0.29) is 16.8 Å². The minimum absolute atomic E-state index is 0.130. The molecule has 1 N–H and O–H groups in total. The predicted octanol–water partition coefficient (Wildman–Crippen LogP) is 4.60. The number of amides is 1. The van der Waals surface area contributed by atoms with Gasteiger partial charge in [0, 0.05) is 16.5 Å². The first-order valence-electron chi connectivity index (χ1n) is 8.40. The van der Waals surface area contributed by atoms with Gasteiger partial charge in [-0.2, -0.15) is 0 Å². The van der Waals surface area contributed by atoms with Crippen LogP contribution in [0.4, 0.5) is 5.69 Å². The van der Waals surface area contributed by atoms with Gasteiger partial charge in [-0.3, -0.25) is 4.79 Å². The van der Waals surface area contributed by atoms with Gasteiger partial charge in [0.05, 0.1) is 11.4 Å². The van der Waals surface area contributed by atoms with E-state index in [9.17, 15) is 4.79 Å². The number of thioether (sulfide) groups is 1. The second-order valence-corrected chi connectivity index (χ2v) is 8.80. The summed E-state index contributed by atoms with van der Waals surface area (Å²) in [5, 5.41) is 5.10. The van der Waals surface area contributed by atoms with Gasteiger partial charge in [0.25, 0.3) is 0 Å². The van der Waals surface area contributed by atoms with Crippen molar-refractivity contribution >= 4 is 56.5 Å². The molecule has 1 aliphatic rings. The lowest BCUT2D eigenvalue weighted by molar-refractivity contribution is -0.113. The Kier molecular flexibility index (Phi) is 5.11. The highest BCUT2D eigenvalue weighted by molar-refractivity contribution is 8.00. The van der Waals surface area contributed by atoms with Gasteiger partial charge < -0.3 is 5.32 Å². The molecular formula is C18H17ClN4OS2. The van der Waals surface area contributed by atoms with Crippen molar-refractivity contribution in [3.63, 3.8) is 0 Å². The highest BCUT2D eigenvalue weighted by Crippen LogP contribution is 2.40. The third-order valence-corrected chi connectivity index (χ3v) is 6.88. The third-order valence-electron chi connectivity index (χ3n) is 4.43. The molecule has 0 bridgehead atoms. The minimum Gasteiger partial charge on any atom is -0.323 e. The van der Waals surface area contributed by atoms with Gasteiger partial charge in [-0.1, -0.05) is 30.3 Å². The molecule has 134 valence electrons. The summed E-state index contributed by atoms with van der Waals surface area (Å²) in [5.41, 5.74) is 1.90. The van der Waals surface area contributed by atoms with E-state index in [0.717, 1.165) is 34.0 Å². The maximum Gasteiger partial charge on any atom is 0.234 e. The van der Waals surface area contributed by atoms with Crippen molar-refractivity contribution in [2.24, 2.45) is 5.92 Å². The molecule has 3 aromatic rings. The Morgan fingerprint density at radius 2 is 2.31 bits per heavy atom. The fourth-order valence-corrected chi connectivity index (χ4v) is 5.56. The zero-order valence-corrected chi connectivity index (χ0v) is 16.5. The molecule has 8 heteroatoms. The van der Waals surface area contributed by atoms with Crippen molar-refractivity contribution in [1.29, 1.82) is 0 Å². The van der Waals surface area contributed by atoms with E-state index in [2.05, 4.69) is 27.2 Å². The highest BCUT2D eigenvalue weighted by Gasteiger charge is 2.23. The number of carbonyl (C=O) groups is 1. The molecule has 5 nitrogen and oxygen atoms in total. The van der Waals surface area contributed by atoms with Crippen LogP contribution in [0.3, 0.4) is 0 Å². The van der Waals surface area contributed by atoms with Gasteiger partial charge in [0.15, 0.2) is 5.15 Å². The monoisotopic (exact) mass is 404 g/mol. The van der Waals surface area contributed by atoms with Crippen LogP contribution in [0, 0.1) is 5.92 Å². The molecule has 0 spiro atoms. The number of aromatic nitrogens is 3. The standard InChI is InChI=1S/C18H17ClN4OS2/c1-10-4-5-11-13(7-10)26-18-15(11)17(21-9-22-18)25-8-14(24)23-12-3-2-6-20-16(12)19/h2-3,6,9-10H,4-5,7-8H2,1H3,(H,23,24)/t10-/m1/s1. The van der Waals surface area contributed by atoms with E-state index in [1.807, 2.05) is 0 Å². The summed E-state index contributed by atoms with van der Waals surface area (Å²) in [6, 6.07) is 3.47. The van der Waals surface area contributed by atoms with Gasteiger partial charge in [-0.15, -0.1) is 11.3 Å². The number of nitrogens with one attached hydrogen (secondary N) is 1. The molecule has 4 rings (SSSR count). The van der Waals surface area contributed by atoms with Gasteiger partial charge in [0.2, 0.25) is 5.91 Å². The van der Waals surface area contributed by atoms with Crippen LogP contribution in [-0.2, 0) is 17.6 Å². The number of fused-ring (bicyclic) bond motifs is 3. The Morgan fingerprint density at radius 1 is 1.42 bits per heavy atom. The highest BCUT2D eigenvalue weighted by atomic mass is 35.5. The summed E-state index contributed by atoms with van der Waals surface area (Å²) in [6.07, 6.45) is 6.55. The summed E-state index contributed by atoms with van der Waals surface area (Å²) < 4.78 is 0. The largest absolute Gasteiger partial charge is 0.323 e. The van der Waals surface area contributed by atoms with Gasteiger partial charge in [-0.25, -0.2) is 15.0 Å². The number of thiophene rings is 1. The maximum atomic E-state index is 12.3. The fourth-order valence-electron chi connectivity index (χ4n) is 3.16. The van der Waals surface area contributed by atoms with E-state index in [4.69, 9.17) is 11.6 Å². The molecule has 3 aromatic heterocycles. The molecule has 1 amide bonds. The maximum absolute atomic E-state index is 12.3. The van der Waals surface area contributed by atoms with Crippen molar-refractivity contribution in [3.05, 3.63) is 40.3 Å². The second-order valence-electron chi connectivity index (χ2n) is 6.39. The molecule has 0 aliphatic heterocycles. The lowest BCUT2D eigenvalue weighted by Gasteiger charge is -2.18. The van der Waals surface area contributed by atoms with E-state index < -0.39 is 0 Å². The van der Waals surface area contributed by atoms with Crippen LogP contribution in [0.25, 0.3) is 10.2 Å². The molecule has 0 radical (unpaired) electrons. The molecule has 0 saturated carbocycles. The Labute approximate surface area is 164 Å². The Bertz CT molecular complexity index is 975. The Morgan fingerprint density at radius 3 is 3.15 bits per heavy atom. The smallest absolute Gasteiger partial charge is 0.234 e. The molecule has 26 heavy (non-hydrogen) atoms. The summed E-state index contributed by atoms with van der Waals surface area (Å²) in [7, 11) is 0. The minimum atomic E-state index is -0.130. The first kappa shape index (κ1) is 17.7. The van der Waals surface area contributed by atoms with E-state index in [1.54, 1.807) is 36.0 Å². The number of pyridine rings is 1. The van der Waals surface area contributed by atoms with Crippen LogP contribution in [0.15, 0.2) is 29.7 Å². The third kappa shape index (κ3) is 3.56. The average molecular weight is 405 g/mol. The second kappa shape index (κ2) is 7.50. The molecule has 3 heterocycles. The number of halogens is 1. The lowest BCUT2D eigenvalue weighted by Crippen LogP contribution is -2.14. The number of aryl methyl sites for hydroxylation is 1. The molecule has 1 aliphatic carbocycles. The van der Waals surface area contributed by atoms with Crippen LogP contribution in [0.5, 0.6) is 0 Å². The average Bonchev–Trinajstić information content (AvgIpc) is 3.00. The SMILES string of the molecule is C[C@@H]1CCc2c(sc3ncnc(SCC(=O)Nc4cccnc4Cl)c23)C1. The zero-order chi connectivity index (χ0) is 18.1. The Balaban J connectivity index is 1.52. The first-order chi connectivity index (χ1) is 12.6. The van der Waals surface area contributed by atoms with Crippen molar-refractivity contribution in [1.82, 2.24) is 15.0 Å². The van der Waals surface area contributed by atoms with Gasteiger partial charge in [0.1, 0.15) is 16.2 Å². The van der Waals surface area contributed by atoms with Crippen molar-refractivity contribution < 1.29 is 4.79 Å². The van der Waals surface area contributed by atoms with Crippen molar-refractivity contribution in [2.45, 2.75) is 31.2 Å². The number of hydrogen-bond acceptors (Lipinski definition) is 6. The topological polar surface area (TPSA) is 67.8 Å². The summed E-state index contributed by atoms with van der Waals surface area (Å²) in [4.78, 5) is 27.6. The van der Waals surface area contributed by atoms with Crippen LogP contribution in [0.2, 0.25) is 5.15 Å². The van der Waals surface area contributed by atoms with Crippen LogP contribution in [-0.4, -0.2) is 26.6 Å². The van der Waals surface area contributed by atoms with Crippen LogP contribution < -0.4 is 5.32 Å². The van der Waals surface area contributed by atoms with Crippen molar-refractivity contribution in [3.8, 4) is 0 Å². The Hall–Kier alpha value is -1.70. The molecule has 0 unspecified atom stereocenters. The lowest BCUT2D eigenvalue weighted by atomic mass is 9.89. The number of hydrogen-bond donors (Lipinski definition) is 1. The van der Waals surface area contributed by atoms with E-state index in [0.29, 0.717) is 5.69 Å². The van der Waals surface area contributed by atoms with Gasteiger partial charge >= 0.3 is 0 Å². The summed E-state index contributed by atoms with van der Waals surface area (Å²) >= 11 is 9.20. The van der Waals surface area contributed by atoms with Crippen LogP contribution >= 0.6 is 34.7 Å². The quantitative estimate of drug-likeness (QED) is 0.391. The number of anilines is 1. The van der Waals surface area contributed by atoms with Crippen LogP contribution in [0.1, 0.15) is 23.8 Å². The first-order valence-corrected chi connectivity index (χ1v) is 10.6. The molecule has 0 fully saturated rings. The molecular weight excluding hydrogens is 388 g/mol. The molecule has 0 saturated heterocycles. The molecule has 1 atom stereocenters. The number of carbonyl (C=O) groups excluding carboxylic acids is 1. The summed E-state index contributed by atoms with van der Waals surface area (Å²) in [6.45, 7) is 2.29. The molecule has 0 aromatic carbocycles. The summed E-state index contributed by atoms with van der Waals surface area (Å²) in [5.74, 6) is 0.849.